The van der Waals surface area contributed by atoms with E-state index >= 15 is 0 Å². The minimum Gasteiger partial charge on any atom is -0.465 e. The average Bonchev–Trinajstić information content (AvgIpc) is 2.80. The van der Waals surface area contributed by atoms with Crippen LogP contribution in [-0.2, 0) is 20.3 Å². The summed E-state index contributed by atoms with van der Waals surface area (Å²) in [4.78, 5) is 13.6. The molecule has 0 aromatic heterocycles. The van der Waals surface area contributed by atoms with Gasteiger partial charge in [0, 0.05) is 15.7 Å². The van der Waals surface area contributed by atoms with Crippen LogP contribution in [0.2, 0.25) is 0 Å². The third-order valence-corrected chi connectivity index (χ3v) is 5.90. The third-order valence-electron chi connectivity index (χ3n) is 4.44. The van der Waals surface area contributed by atoms with Crippen LogP contribution in [-0.4, -0.2) is 16.8 Å². The maximum absolute atomic E-state index is 12.8. The molecule has 0 N–H and O–H groups in total. The van der Waals surface area contributed by atoms with Gasteiger partial charge in [-0.15, -0.1) is 0 Å². The van der Waals surface area contributed by atoms with Gasteiger partial charge in [-0.2, -0.15) is 0 Å². The maximum atomic E-state index is 12.8. The van der Waals surface area contributed by atoms with Gasteiger partial charge in [-0.1, -0.05) is 37.6 Å². The highest BCUT2D eigenvalue weighted by Gasteiger charge is 2.49. The number of benzene rings is 1. The molecular formula is C17H20O3S. The number of hydrogen-bond donors (Lipinski definition) is 0. The molecule has 1 saturated heterocycles. The van der Waals surface area contributed by atoms with Crippen molar-refractivity contribution < 1.29 is 13.7 Å². The average molecular weight is 304 g/mol. The zero-order valence-corrected chi connectivity index (χ0v) is 13.4. The van der Waals surface area contributed by atoms with Crippen LogP contribution in [0.1, 0.15) is 25.8 Å². The molecular weight excluding hydrogens is 284 g/mol. The molecule has 1 aromatic carbocycles. The Morgan fingerprint density at radius 1 is 1.24 bits per heavy atom. The fraction of sp³-hybridized carbons (Fsp3) is 0.471. The second kappa shape index (κ2) is 5.09. The van der Waals surface area contributed by atoms with Crippen molar-refractivity contribution in [1.82, 2.24) is 0 Å². The van der Waals surface area contributed by atoms with Crippen LogP contribution < -0.4 is 0 Å². The summed E-state index contributed by atoms with van der Waals surface area (Å²) in [5.41, 5.74) is 0.857. The van der Waals surface area contributed by atoms with Gasteiger partial charge in [-0.05, 0) is 30.9 Å². The molecule has 1 fully saturated rings. The molecule has 0 saturated carbocycles. The van der Waals surface area contributed by atoms with Crippen molar-refractivity contribution in [1.29, 1.82) is 0 Å². The number of ether oxygens (including phenoxy) is 1. The third kappa shape index (κ3) is 2.57. The summed E-state index contributed by atoms with van der Waals surface area (Å²) in [6.07, 6.45) is 2.71. The van der Waals surface area contributed by atoms with Crippen molar-refractivity contribution in [3.63, 3.8) is 0 Å². The number of esters is 1. The molecule has 112 valence electrons. The second-order valence-electron chi connectivity index (χ2n) is 6.59. The van der Waals surface area contributed by atoms with E-state index < -0.39 is 10.8 Å². The standard InChI is InChI=1S/C17H20O3S/c1-11-4-6-13(7-5-11)21(19)14-8-12-10-20-16(18)15(12)17(2,3)9-14/h4-7,9,12,15H,8,10H2,1-3H3/t12-,15-,21-/m0/s1. The molecule has 3 nitrogen and oxygen atoms in total. The van der Waals surface area contributed by atoms with Gasteiger partial charge in [-0.25, -0.2) is 4.21 Å². The van der Waals surface area contributed by atoms with Gasteiger partial charge in [-0.3, -0.25) is 4.79 Å². The maximum Gasteiger partial charge on any atom is 0.310 e. The lowest BCUT2D eigenvalue weighted by Gasteiger charge is -2.35. The van der Waals surface area contributed by atoms with Gasteiger partial charge in [0.1, 0.15) is 0 Å². The highest BCUT2D eigenvalue weighted by Crippen LogP contribution is 2.47. The first kappa shape index (κ1) is 14.5. The molecule has 1 aliphatic carbocycles. The van der Waals surface area contributed by atoms with E-state index in [0.29, 0.717) is 13.0 Å². The van der Waals surface area contributed by atoms with Crippen molar-refractivity contribution in [2.75, 3.05) is 6.61 Å². The van der Waals surface area contributed by atoms with Gasteiger partial charge in [0.15, 0.2) is 0 Å². The van der Waals surface area contributed by atoms with E-state index in [9.17, 15) is 9.00 Å². The number of fused-ring (bicyclic) bond motifs is 1. The van der Waals surface area contributed by atoms with Crippen LogP contribution in [0.3, 0.4) is 0 Å². The van der Waals surface area contributed by atoms with Crippen LogP contribution in [0.5, 0.6) is 0 Å². The van der Waals surface area contributed by atoms with Gasteiger partial charge in [0.25, 0.3) is 0 Å². The highest BCUT2D eigenvalue weighted by molar-refractivity contribution is 7.89. The lowest BCUT2D eigenvalue weighted by Crippen LogP contribution is -2.35. The van der Waals surface area contributed by atoms with Crippen LogP contribution in [0, 0.1) is 24.2 Å². The quantitative estimate of drug-likeness (QED) is 0.788. The largest absolute Gasteiger partial charge is 0.465 e. The number of carbonyl (C=O) groups excluding carboxylic acids is 1. The minimum atomic E-state index is -1.15. The minimum absolute atomic E-state index is 0.101. The molecule has 21 heavy (non-hydrogen) atoms. The summed E-state index contributed by atoms with van der Waals surface area (Å²) in [7, 11) is -1.15. The molecule has 0 unspecified atom stereocenters. The smallest absolute Gasteiger partial charge is 0.310 e. The van der Waals surface area contributed by atoms with E-state index in [-0.39, 0.29) is 23.2 Å². The van der Waals surface area contributed by atoms with Gasteiger partial charge >= 0.3 is 5.97 Å². The van der Waals surface area contributed by atoms with Crippen LogP contribution in [0.25, 0.3) is 0 Å². The Kier molecular flexibility index (Phi) is 3.52. The molecule has 4 heteroatoms. The summed E-state index contributed by atoms with van der Waals surface area (Å²) >= 11 is 0. The Bertz CT molecular complexity index is 628. The summed E-state index contributed by atoms with van der Waals surface area (Å²) in [5, 5.41) is 0. The Balaban J connectivity index is 1.92. The first-order chi connectivity index (χ1) is 9.88. The van der Waals surface area contributed by atoms with Crippen LogP contribution in [0.4, 0.5) is 0 Å². The summed E-state index contributed by atoms with van der Waals surface area (Å²) in [6, 6.07) is 7.79. The lowest BCUT2D eigenvalue weighted by atomic mass is 9.68. The van der Waals surface area contributed by atoms with E-state index in [1.54, 1.807) is 0 Å². The number of carbonyl (C=O) groups is 1. The van der Waals surface area contributed by atoms with Gasteiger partial charge < -0.3 is 4.74 Å². The van der Waals surface area contributed by atoms with Crippen LogP contribution in [0.15, 0.2) is 40.1 Å². The first-order valence-electron chi connectivity index (χ1n) is 7.25. The van der Waals surface area contributed by atoms with Crippen molar-refractivity contribution >= 4 is 16.8 Å². The predicted molar refractivity (Wildman–Crippen MR) is 82.0 cm³/mol. The lowest BCUT2D eigenvalue weighted by molar-refractivity contribution is -0.143. The van der Waals surface area contributed by atoms with E-state index in [1.165, 1.54) is 0 Å². The zero-order chi connectivity index (χ0) is 15.2. The zero-order valence-electron chi connectivity index (χ0n) is 12.6. The summed E-state index contributed by atoms with van der Waals surface area (Å²) in [5.74, 6) is -0.0559. The molecule has 0 bridgehead atoms. The SMILES string of the molecule is Cc1ccc([S@](=O)C2=CC(C)(C)[C@@H]3C(=O)OC[C@@H]3C2)cc1. The van der Waals surface area contributed by atoms with Crippen molar-refractivity contribution in [2.45, 2.75) is 32.1 Å². The molecule has 0 amide bonds. The topological polar surface area (TPSA) is 43.4 Å². The van der Waals surface area contributed by atoms with E-state index in [4.69, 9.17) is 4.74 Å². The van der Waals surface area contributed by atoms with Crippen molar-refractivity contribution in [3.05, 3.63) is 40.8 Å². The number of aryl methyl sites for hydroxylation is 1. The fourth-order valence-corrected chi connectivity index (χ4v) is 4.88. The Morgan fingerprint density at radius 3 is 2.57 bits per heavy atom. The predicted octanol–water partition coefficient (Wildman–Crippen LogP) is 3.21. The molecule has 0 spiro atoms. The Morgan fingerprint density at radius 2 is 1.90 bits per heavy atom. The first-order valence-corrected chi connectivity index (χ1v) is 8.40. The summed E-state index contributed by atoms with van der Waals surface area (Å²) < 4.78 is 18.0. The molecule has 3 rings (SSSR count). The molecule has 1 aliphatic heterocycles. The highest BCUT2D eigenvalue weighted by atomic mass is 32.2. The number of allylic oxidation sites excluding steroid dienone is 2. The second-order valence-corrected chi connectivity index (χ2v) is 8.12. The Hall–Kier alpha value is -1.42. The fourth-order valence-electron chi connectivity index (χ4n) is 3.42. The summed E-state index contributed by atoms with van der Waals surface area (Å²) in [6.45, 7) is 6.53. The van der Waals surface area contributed by atoms with E-state index in [0.717, 1.165) is 15.4 Å². The molecule has 1 heterocycles. The molecule has 3 atom stereocenters. The van der Waals surface area contributed by atoms with Gasteiger partial charge in [0.2, 0.25) is 0 Å². The van der Waals surface area contributed by atoms with Crippen molar-refractivity contribution in [2.24, 2.45) is 17.3 Å². The number of cyclic esters (lactones) is 1. The van der Waals surface area contributed by atoms with E-state index in [1.807, 2.05) is 51.1 Å². The molecule has 0 radical (unpaired) electrons. The number of hydrogen-bond acceptors (Lipinski definition) is 3. The monoisotopic (exact) mass is 304 g/mol. The Labute approximate surface area is 127 Å². The number of rotatable bonds is 2. The van der Waals surface area contributed by atoms with Gasteiger partial charge in [0.05, 0.1) is 23.3 Å². The van der Waals surface area contributed by atoms with Crippen molar-refractivity contribution in [3.8, 4) is 0 Å². The molecule has 1 aromatic rings. The van der Waals surface area contributed by atoms with E-state index in [2.05, 4.69) is 0 Å². The molecule has 2 aliphatic rings. The van der Waals surface area contributed by atoms with Crippen LogP contribution >= 0.6 is 0 Å². The normalized spacial score (nSPS) is 28.5.